The van der Waals surface area contributed by atoms with Crippen LogP contribution in [0.25, 0.3) is 17.0 Å². The number of carbonyl (C=O) groups is 2. The maximum Gasteiger partial charge on any atom is 0.266 e. The third kappa shape index (κ3) is 3.66. The summed E-state index contributed by atoms with van der Waals surface area (Å²) in [6.45, 7) is 2.49. The fourth-order valence-corrected chi connectivity index (χ4v) is 4.43. The predicted octanol–water partition coefficient (Wildman–Crippen LogP) is 3.39. The van der Waals surface area contributed by atoms with Gasteiger partial charge in [-0.25, -0.2) is 0 Å². The fourth-order valence-electron chi connectivity index (χ4n) is 3.52. The zero-order valence-electron chi connectivity index (χ0n) is 17.0. The monoisotopic (exact) mass is 422 g/mol. The Hall–Kier alpha value is -3.26. The normalized spacial score (nSPS) is 16.9. The number of para-hydroxylation sites is 1. The lowest BCUT2D eigenvalue weighted by molar-refractivity contribution is -0.122. The number of aliphatic imine (C=N–C) groups is 1. The quantitative estimate of drug-likeness (QED) is 0.639. The SMILES string of the molecule is CN=C1SC(=Cc2c(C)n(CC(=O)NCc3ccco3)c3ccccc23)C(=O)N1C. The molecule has 0 atom stereocenters. The van der Waals surface area contributed by atoms with Crippen molar-refractivity contribution in [2.45, 2.75) is 20.0 Å². The third-order valence-electron chi connectivity index (χ3n) is 5.09. The molecule has 1 aromatic carbocycles. The number of nitrogens with zero attached hydrogens (tertiary/aromatic N) is 3. The largest absolute Gasteiger partial charge is 0.467 e. The van der Waals surface area contributed by atoms with E-state index in [1.165, 1.54) is 11.8 Å². The molecule has 7 nitrogen and oxygen atoms in total. The van der Waals surface area contributed by atoms with Gasteiger partial charge in [0.25, 0.3) is 5.91 Å². The third-order valence-corrected chi connectivity index (χ3v) is 6.24. The maximum absolute atomic E-state index is 12.6. The van der Waals surface area contributed by atoms with Gasteiger partial charge in [-0.05, 0) is 43.0 Å². The second kappa shape index (κ2) is 8.23. The first kappa shape index (κ1) is 20.0. The number of furan rings is 1. The van der Waals surface area contributed by atoms with Gasteiger partial charge >= 0.3 is 0 Å². The highest BCUT2D eigenvalue weighted by Gasteiger charge is 2.30. The van der Waals surface area contributed by atoms with E-state index in [-0.39, 0.29) is 18.4 Å². The van der Waals surface area contributed by atoms with E-state index in [9.17, 15) is 9.59 Å². The second-order valence-electron chi connectivity index (χ2n) is 6.94. The summed E-state index contributed by atoms with van der Waals surface area (Å²) in [4.78, 5) is 31.5. The van der Waals surface area contributed by atoms with E-state index in [2.05, 4.69) is 10.3 Å². The summed E-state index contributed by atoms with van der Waals surface area (Å²) in [5, 5.41) is 4.56. The van der Waals surface area contributed by atoms with Gasteiger partial charge in [-0.2, -0.15) is 0 Å². The Morgan fingerprint density at radius 1 is 1.27 bits per heavy atom. The van der Waals surface area contributed by atoms with Gasteiger partial charge in [0, 0.05) is 36.3 Å². The molecule has 1 fully saturated rings. The zero-order chi connectivity index (χ0) is 21.3. The summed E-state index contributed by atoms with van der Waals surface area (Å²) in [5.74, 6) is 0.520. The number of fused-ring (bicyclic) bond motifs is 1. The van der Waals surface area contributed by atoms with Crippen molar-refractivity contribution in [3.63, 3.8) is 0 Å². The molecule has 0 aliphatic carbocycles. The summed E-state index contributed by atoms with van der Waals surface area (Å²) in [5.41, 5.74) is 2.81. The van der Waals surface area contributed by atoms with Crippen molar-refractivity contribution < 1.29 is 14.0 Å². The number of benzene rings is 1. The smallest absolute Gasteiger partial charge is 0.266 e. The van der Waals surface area contributed by atoms with E-state index in [0.717, 1.165) is 22.2 Å². The van der Waals surface area contributed by atoms with Crippen LogP contribution in [0, 0.1) is 6.92 Å². The van der Waals surface area contributed by atoms with Crippen molar-refractivity contribution in [2.24, 2.45) is 4.99 Å². The Labute approximate surface area is 178 Å². The number of likely N-dealkylation sites (N-methyl/N-ethyl adjacent to an activating group) is 1. The summed E-state index contributed by atoms with van der Waals surface area (Å²) in [7, 11) is 3.39. The van der Waals surface area contributed by atoms with Gasteiger partial charge < -0.3 is 14.3 Å². The number of aromatic nitrogens is 1. The van der Waals surface area contributed by atoms with Gasteiger partial charge in [0.15, 0.2) is 5.17 Å². The molecule has 3 heterocycles. The molecule has 1 saturated heterocycles. The lowest BCUT2D eigenvalue weighted by Crippen LogP contribution is -2.27. The lowest BCUT2D eigenvalue weighted by atomic mass is 10.1. The van der Waals surface area contributed by atoms with Crippen LogP contribution in [-0.2, 0) is 22.7 Å². The highest BCUT2D eigenvalue weighted by atomic mass is 32.2. The number of nitrogens with one attached hydrogen (secondary N) is 1. The minimum absolute atomic E-state index is 0.0759. The number of amides is 2. The van der Waals surface area contributed by atoms with Crippen LogP contribution in [0.4, 0.5) is 0 Å². The number of carbonyl (C=O) groups excluding carboxylic acids is 2. The number of hydrogen-bond acceptors (Lipinski definition) is 5. The van der Waals surface area contributed by atoms with Gasteiger partial charge in [0.1, 0.15) is 12.3 Å². The molecule has 3 aromatic rings. The van der Waals surface area contributed by atoms with Gasteiger partial charge in [0.05, 0.1) is 17.7 Å². The van der Waals surface area contributed by atoms with Crippen LogP contribution >= 0.6 is 11.8 Å². The van der Waals surface area contributed by atoms with Crippen LogP contribution in [0.5, 0.6) is 0 Å². The summed E-state index contributed by atoms with van der Waals surface area (Å²) in [6, 6.07) is 11.5. The molecule has 0 spiro atoms. The van der Waals surface area contributed by atoms with Gasteiger partial charge in [-0.3, -0.25) is 19.5 Å². The highest BCUT2D eigenvalue weighted by molar-refractivity contribution is 8.18. The van der Waals surface area contributed by atoms with E-state index in [1.54, 1.807) is 31.3 Å². The first-order chi connectivity index (χ1) is 14.5. The van der Waals surface area contributed by atoms with Crippen molar-refractivity contribution in [1.29, 1.82) is 0 Å². The molecule has 4 rings (SSSR count). The molecule has 1 aliphatic rings. The predicted molar refractivity (Wildman–Crippen MR) is 119 cm³/mol. The topological polar surface area (TPSA) is 79.8 Å². The molecular weight excluding hydrogens is 400 g/mol. The summed E-state index contributed by atoms with van der Waals surface area (Å²) in [6.07, 6.45) is 3.48. The van der Waals surface area contributed by atoms with Gasteiger partial charge in [0.2, 0.25) is 5.91 Å². The lowest BCUT2D eigenvalue weighted by Gasteiger charge is -2.09. The van der Waals surface area contributed by atoms with E-state index in [4.69, 9.17) is 4.42 Å². The minimum Gasteiger partial charge on any atom is -0.467 e. The standard InChI is InChI=1S/C22H22N4O3S/c1-14-17(11-19-21(28)25(3)22(23-2)30-19)16-8-4-5-9-18(16)26(14)13-20(27)24-12-15-7-6-10-29-15/h4-11H,12-13H2,1-3H3,(H,24,27). The van der Waals surface area contributed by atoms with Crippen LogP contribution in [-0.4, -0.2) is 40.5 Å². The van der Waals surface area contributed by atoms with Crippen molar-refractivity contribution >= 4 is 45.7 Å². The van der Waals surface area contributed by atoms with Crippen LogP contribution < -0.4 is 5.32 Å². The summed E-state index contributed by atoms with van der Waals surface area (Å²) < 4.78 is 7.24. The Morgan fingerprint density at radius 3 is 2.77 bits per heavy atom. The minimum atomic E-state index is -0.110. The molecule has 2 amide bonds. The first-order valence-corrected chi connectivity index (χ1v) is 10.3. The molecule has 0 radical (unpaired) electrons. The molecule has 2 aromatic heterocycles. The van der Waals surface area contributed by atoms with E-state index < -0.39 is 0 Å². The Bertz CT molecular complexity index is 1170. The van der Waals surface area contributed by atoms with Crippen molar-refractivity contribution in [3.8, 4) is 0 Å². The Kier molecular flexibility index (Phi) is 5.50. The fraction of sp³-hybridized carbons (Fsp3) is 0.227. The maximum atomic E-state index is 12.6. The number of rotatable bonds is 5. The van der Waals surface area contributed by atoms with Crippen LogP contribution in [0.3, 0.4) is 0 Å². The Morgan fingerprint density at radius 2 is 2.07 bits per heavy atom. The first-order valence-electron chi connectivity index (χ1n) is 9.51. The molecule has 154 valence electrons. The molecule has 0 bridgehead atoms. The summed E-state index contributed by atoms with van der Waals surface area (Å²) >= 11 is 1.36. The average molecular weight is 423 g/mol. The highest BCUT2D eigenvalue weighted by Crippen LogP contribution is 2.35. The van der Waals surface area contributed by atoms with Crippen LogP contribution in [0.2, 0.25) is 0 Å². The Balaban J connectivity index is 1.66. The molecule has 8 heteroatoms. The number of amidine groups is 1. The van der Waals surface area contributed by atoms with Crippen molar-refractivity contribution in [3.05, 3.63) is 64.6 Å². The number of hydrogen-bond donors (Lipinski definition) is 1. The van der Waals surface area contributed by atoms with Crippen molar-refractivity contribution in [1.82, 2.24) is 14.8 Å². The second-order valence-corrected chi connectivity index (χ2v) is 7.95. The molecule has 0 saturated carbocycles. The van der Waals surface area contributed by atoms with E-state index >= 15 is 0 Å². The molecular formula is C22H22N4O3S. The zero-order valence-corrected chi connectivity index (χ0v) is 17.8. The van der Waals surface area contributed by atoms with Gasteiger partial charge in [-0.1, -0.05) is 18.2 Å². The van der Waals surface area contributed by atoms with Crippen LogP contribution in [0.15, 0.2) is 57.0 Å². The van der Waals surface area contributed by atoms with E-state index in [0.29, 0.717) is 22.4 Å². The van der Waals surface area contributed by atoms with Crippen molar-refractivity contribution in [2.75, 3.05) is 14.1 Å². The molecule has 30 heavy (non-hydrogen) atoms. The van der Waals surface area contributed by atoms with Gasteiger partial charge in [-0.15, -0.1) is 0 Å². The average Bonchev–Trinajstić information content (AvgIpc) is 3.43. The number of thioether (sulfide) groups is 1. The molecule has 1 N–H and O–H groups in total. The molecule has 1 aliphatic heterocycles. The molecule has 0 unspecified atom stereocenters. The van der Waals surface area contributed by atoms with E-state index in [1.807, 2.05) is 47.9 Å². The van der Waals surface area contributed by atoms with Crippen LogP contribution in [0.1, 0.15) is 17.0 Å².